The van der Waals surface area contributed by atoms with Crippen molar-refractivity contribution in [3.8, 4) is 0 Å². The summed E-state index contributed by atoms with van der Waals surface area (Å²) in [6, 6.07) is 0. The minimum atomic E-state index is -2.00. The molecule has 0 atom stereocenters. The molecule has 0 aliphatic rings. The normalized spacial score (nSPS) is 4.40. The summed E-state index contributed by atoms with van der Waals surface area (Å²) >= 11 is -1.90. The maximum atomic E-state index is 8.50. The molecule has 0 aliphatic carbocycles. The first-order valence-electron chi connectivity index (χ1n) is 0.508. The molecule has 0 bridgehead atoms. The zero-order valence-electron chi connectivity index (χ0n) is 2.14. The summed E-state index contributed by atoms with van der Waals surface area (Å²) in [4.78, 5) is 0. The van der Waals surface area contributed by atoms with Gasteiger partial charge in [-0.25, -0.2) is 0 Å². The number of hydrogen-bond donors (Lipinski definition) is 0. The van der Waals surface area contributed by atoms with Crippen LogP contribution < -0.4 is 0 Å². The van der Waals surface area contributed by atoms with E-state index in [0.29, 0.717) is 0 Å². The van der Waals surface area contributed by atoms with E-state index in [1.54, 1.807) is 0 Å². The van der Waals surface area contributed by atoms with Crippen molar-refractivity contribution < 1.29 is 57.7 Å². The molecule has 5 heavy (non-hydrogen) atoms. The molecule has 0 saturated heterocycles. The van der Waals surface area contributed by atoms with Gasteiger partial charge in [-0.05, 0) is 0 Å². The van der Waals surface area contributed by atoms with Crippen molar-refractivity contribution in [2.75, 3.05) is 0 Å². The van der Waals surface area contributed by atoms with Crippen LogP contribution in [0.5, 0.6) is 0 Å². The molecule has 0 aliphatic heterocycles. The molecule has 0 aromatic rings. The van der Waals surface area contributed by atoms with Gasteiger partial charge >= 0.3 is 57.7 Å². The van der Waals surface area contributed by atoms with Gasteiger partial charge in [0.15, 0.2) is 0 Å². The van der Waals surface area contributed by atoms with Crippen LogP contribution in [0.1, 0.15) is 0 Å². The Morgan fingerprint density at radius 2 is 1.20 bits per heavy atom. The summed E-state index contributed by atoms with van der Waals surface area (Å²) in [5, 5.41) is 0. The third-order valence-electron chi connectivity index (χ3n) is 0. The Balaban J connectivity index is 0. The minimum absolute atomic E-state index is 0.100. The molecule has 0 saturated carbocycles. The fraction of sp³-hybridized carbons (Fsp3) is 0. The first-order chi connectivity index (χ1) is 2.41. The summed E-state index contributed by atoms with van der Waals surface area (Å²) in [7, 11) is 0. The van der Waals surface area contributed by atoms with E-state index in [9.17, 15) is 0 Å². The molecule has 0 rings (SSSR count). The van der Waals surface area contributed by atoms with E-state index < -0.39 is 17.6 Å². The average molecular weight is 329 g/mol. The van der Waals surface area contributed by atoms with Gasteiger partial charge in [-0.15, -0.1) is 0 Å². The van der Waals surface area contributed by atoms with Crippen LogP contribution >= 0.6 is 0 Å². The molecule has 30 valence electrons. The van der Waals surface area contributed by atoms with Gasteiger partial charge in [0.25, 0.3) is 0 Å². The van der Waals surface area contributed by atoms with Gasteiger partial charge in [-0.2, -0.15) is 0 Å². The zero-order chi connectivity index (χ0) is 4.71. The summed E-state index contributed by atoms with van der Waals surface area (Å²) < 4.78 is 25.4. The SMILES string of the molecule is [O]=[Ir]=[O].[O]=[Y]. The molecule has 0 spiro atoms. The molecule has 0 aromatic carbocycles. The van der Waals surface area contributed by atoms with Crippen molar-refractivity contribution in [1.82, 2.24) is 0 Å². The Morgan fingerprint density at radius 1 is 1.20 bits per heavy atom. The molecule has 3 nitrogen and oxygen atoms in total. The van der Waals surface area contributed by atoms with E-state index in [-0.39, 0.29) is 31.0 Å². The van der Waals surface area contributed by atoms with E-state index >= 15 is 0 Å². The van der Waals surface area contributed by atoms with Crippen molar-refractivity contribution in [2.24, 2.45) is 0 Å². The molecule has 0 N–H and O–H groups in total. The third kappa shape index (κ3) is 38.5. The van der Waals surface area contributed by atoms with Crippen molar-refractivity contribution in [1.29, 1.82) is 0 Å². The first-order valence-corrected chi connectivity index (χ1v) is 3.62. The topological polar surface area (TPSA) is 51.2 Å². The molecule has 0 heterocycles. The van der Waals surface area contributed by atoms with Gasteiger partial charge in [0.1, 0.15) is 0 Å². The summed E-state index contributed by atoms with van der Waals surface area (Å²) in [6.07, 6.45) is 0. The maximum absolute atomic E-state index is 8.50. The Hall–Kier alpha value is 1.15. The number of hydrogen-bond acceptors (Lipinski definition) is 3. The third-order valence-corrected chi connectivity index (χ3v) is 0. The van der Waals surface area contributed by atoms with Crippen LogP contribution in [0.15, 0.2) is 0 Å². The Kier molecular flexibility index (Phi) is 36.3. The molecule has 0 radical (unpaired) electrons. The van der Waals surface area contributed by atoms with Crippen LogP contribution in [0.25, 0.3) is 0 Å². The van der Waals surface area contributed by atoms with Gasteiger partial charge in [0, 0.05) is 0 Å². The average Bonchev–Trinajstić information content (AvgIpc) is 1.46. The Bertz CT molecular complexity index is 36.2. The molecule has 0 amide bonds. The summed E-state index contributed by atoms with van der Waals surface area (Å²) in [5.74, 6) is 0. The van der Waals surface area contributed by atoms with E-state index in [2.05, 4.69) is 0 Å². The van der Waals surface area contributed by atoms with E-state index in [1.807, 2.05) is 0 Å². The van der Waals surface area contributed by atoms with Crippen LogP contribution in [0.4, 0.5) is 0 Å². The molecule has 0 unspecified atom stereocenters. The van der Waals surface area contributed by atoms with Gasteiger partial charge in [0.05, 0.1) is 0 Å². The first kappa shape index (κ1) is 9.47. The predicted octanol–water partition coefficient (Wildman–Crippen LogP) is -0.361. The van der Waals surface area contributed by atoms with Gasteiger partial charge in [-0.3, -0.25) is 0 Å². The standard InChI is InChI=1S/Ir.3O.Y. The van der Waals surface area contributed by atoms with Crippen LogP contribution in [0.2, 0.25) is 0 Å². The number of rotatable bonds is 0. The Labute approximate surface area is 57.1 Å². The molecular formula is IrO3Y. The van der Waals surface area contributed by atoms with Crippen LogP contribution in [0, 0.1) is 0 Å². The molecule has 0 fully saturated rings. The summed E-state index contributed by atoms with van der Waals surface area (Å²) in [5.41, 5.74) is 0. The van der Waals surface area contributed by atoms with Gasteiger partial charge in [-0.1, -0.05) is 0 Å². The zero-order valence-corrected chi connectivity index (χ0v) is 7.37. The van der Waals surface area contributed by atoms with Crippen molar-refractivity contribution in [2.45, 2.75) is 0 Å². The van der Waals surface area contributed by atoms with E-state index in [0.717, 1.165) is 0 Å². The second-order valence-corrected chi connectivity index (χ2v) is 0.455. The molecule has 0 aromatic heterocycles. The van der Waals surface area contributed by atoms with Crippen molar-refractivity contribution >= 4 is 0 Å². The summed E-state index contributed by atoms with van der Waals surface area (Å²) in [6.45, 7) is 0. The predicted molar refractivity (Wildman–Crippen MR) is 2.06 cm³/mol. The monoisotopic (exact) mass is 330 g/mol. The fourth-order valence-corrected chi connectivity index (χ4v) is 0. The fourth-order valence-electron chi connectivity index (χ4n) is 0. The Morgan fingerprint density at radius 3 is 1.20 bits per heavy atom. The van der Waals surface area contributed by atoms with Crippen LogP contribution in [0.3, 0.4) is 0 Å². The quantitative estimate of drug-likeness (QED) is 0.610. The second kappa shape index (κ2) is 19.2. The molecule has 5 heteroatoms. The van der Waals surface area contributed by atoms with E-state index in [4.69, 9.17) is 9.05 Å². The van der Waals surface area contributed by atoms with E-state index in [1.165, 1.54) is 0 Å². The van der Waals surface area contributed by atoms with Gasteiger partial charge in [0.2, 0.25) is 0 Å². The van der Waals surface area contributed by atoms with Crippen LogP contribution in [-0.2, 0) is 57.7 Å². The van der Waals surface area contributed by atoms with Crippen molar-refractivity contribution in [3.05, 3.63) is 0 Å². The van der Waals surface area contributed by atoms with Crippen LogP contribution in [-0.4, -0.2) is 0 Å². The second-order valence-electron chi connectivity index (χ2n) is 0.0556. The van der Waals surface area contributed by atoms with Gasteiger partial charge < -0.3 is 0 Å². The van der Waals surface area contributed by atoms with Crippen molar-refractivity contribution in [3.63, 3.8) is 0 Å². The molecular weight excluding hydrogens is 329 g/mol.